The van der Waals surface area contributed by atoms with Crippen molar-refractivity contribution in [1.29, 1.82) is 0 Å². The largest absolute Gasteiger partial charge is 0.496 e. The Morgan fingerprint density at radius 1 is 1.03 bits per heavy atom. The van der Waals surface area contributed by atoms with Crippen LogP contribution in [-0.4, -0.2) is 35.3 Å². The highest BCUT2D eigenvalue weighted by atomic mass is 32.2. The summed E-state index contributed by atoms with van der Waals surface area (Å²) >= 11 is 1.33. The number of fused-ring (bicyclic) bond motifs is 1. The molecule has 0 spiro atoms. The molecular formula is C24H20N4O3S2. The van der Waals surface area contributed by atoms with Crippen molar-refractivity contribution in [3.63, 3.8) is 0 Å². The van der Waals surface area contributed by atoms with Crippen LogP contribution in [0.1, 0.15) is 5.01 Å². The highest BCUT2D eigenvalue weighted by Gasteiger charge is 2.19. The summed E-state index contributed by atoms with van der Waals surface area (Å²) in [7, 11) is -0.00357. The number of aryl methyl sites for hydroxylation is 1. The Morgan fingerprint density at radius 3 is 2.64 bits per heavy atom. The molecule has 0 fully saturated rings. The number of sulfone groups is 1. The van der Waals surface area contributed by atoms with Gasteiger partial charge in [-0.25, -0.2) is 13.4 Å². The summed E-state index contributed by atoms with van der Waals surface area (Å²) in [5.74, 6) is 0.564. The van der Waals surface area contributed by atoms with Gasteiger partial charge in [-0.15, -0.1) is 11.3 Å². The van der Waals surface area contributed by atoms with Crippen LogP contribution in [0, 0.1) is 0 Å². The molecule has 3 aromatic heterocycles. The second-order valence-electron chi connectivity index (χ2n) is 7.55. The Morgan fingerprint density at radius 2 is 1.91 bits per heavy atom. The zero-order valence-electron chi connectivity index (χ0n) is 18.0. The molecule has 0 aliphatic heterocycles. The number of hydrogen-bond donors (Lipinski definition) is 0. The first-order valence-corrected chi connectivity index (χ1v) is 12.6. The number of methoxy groups -OCH3 is 1. The van der Waals surface area contributed by atoms with Crippen LogP contribution in [0.25, 0.3) is 33.2 Å². The molecule has 0 saturated heterocycles. The van der Waals surface area contributed by atoms with E-state index in [4.69, 9.17) is 4.74 Å². The number of ether oxygens (including phenoxy) is 1. The first-order chi connectivity index (χ1) is 15.9. The molecule has 0 N–H and O–H groups in total. The maximum absolute atomic E-state index is 12.9. The van der Waals surface area contributed by atoms with E-state index in [-0.39, 0.29) is 10.6 Å². The fourth-order valence-corrected chi connectivity index (χ4v) is 6.06. The lowest BCUT2D eigenvalue weighted by Gasteiger charge is -2.13. The maximum atomic E-state index is 12.9. The molecule has 0 aliphatic carbocycles. The molecule has 0 saturated carbocycles. The van der Waals surface area contributed by atoms with E-state index in [9.17, 15) is 8.42 Å². The topological polar surface area (TPSA) is 87.0 Å². The highest BCUT2D eigenvalue weighted by molar-refractivity contribution is 7.90. The minimum atomic E-state index is -3.50. The second-order valence-corrected chi connectivity index (χ2v) is 10.5. The molecule has 5 rings (SSSR count). The molecule has 33 heavy (non-hydrogen) atoms. The van der Waals surface area contributed by atoms with Gasteiger partial charge in [-0.3, -0.25) is 9.67 Å². The minimum Gasteiger partial charge on any atom is -0.496 e. The SMILES string of the molecule is COc1cc(-c2cnn(C)c2)ccc1-c1nccc2cc(S(=O)(=O)Cc3nccs3)ccc12. The Balaban J connectivity index is 1.57. The van der Waals surface area contributed by atoms with Gasteiger partial charge in [-0.05, 0) is 41.3 Å². The van der Waals surface area contributed by atoms with Crippen molar-refractivity contribution in [3.05, 3.63) is 77.6 Å². The number of pyridine rings is 1. The predicted molar refractivity (Wildman–Crippen MR) is 129 cm³/mol. The molecule has 0 amide bonds. The normalized spacial score (nSPS) is 11.7. The number of nitrogens with zero attached hydrogens (tertiary/aromatic N) is 4. The fourth-order valence-electron chi connectivity index (χ4n) is 3.77. The van der Waals surface area contributed by atoms with E-state index >= 15 is 0 Å². The van der Waals surface area contributed by atoms with Crippen LogP contribution in [0.5, 0.6) is 5.75 Å². The summed E-state index contributed by atoms with van der Waals surface area (Å²) in [5, 5.41) is 8.22. The van der Waals surface area contributed by atoms with Crippen LogP contribution >= 0.6 is 11.3 Å². The van der Waals surface area contributed by atoms with Gasteiger partial charge in [0.15, 0.2) is 9.84 Å². The first kappa shape index (κ1) is 21.3. The van der Waals surface area contributed by atoms with Crippen molar-refractivity contribution >= 4 is 31.9 Å². The Hall–Kier alpha value is -3.56. The molecule has 9 heteroatoms. The second kappa shape index (κ2) is 8.42. The van der Waals surface area contributed by atoms with Gasteiger partial charge in [-0.1, -0.05) is 12.1 Å². The average Bonchev–Trinajstić information content (AvgIpc) is 3.49. The number of rotatable bonds is 6. The molecule has 0 atom stereocenters. The third-order valence-electron chi connectivity index (χ3n) is 5.39. The van der Waals surface area contributed by atoms with Crippen LogP contribution in [0.3, 0.4) is 0 Å². The molecule has 166 valence electrons. The fraction of sp³-hybridized carbons (Fsp3) is 0.125. The monoisotopic (exact) mass is 476 g/mol. The highest BCUT2D eigenvalue weighted by Crippen LogP contribution is 2.37. The molecule has 3 heterocycles. The zero-order chi connectivity index (χ0) is 23.0. The van der Waals surface area contributed by atoms with Gasteiger partial charge >= 0.3 is 0 Å². The lowest BCUT2D eigenvalue weighted by Crippen LogP contribution is -2.04. The number of thiazole rings is 1. The Bertz CT molecular complexity index is 1560. The van der Waals surface area contributed by atoms with Gasteiger partial charge in [-0.2, -0.15) is 5.10 Å². The van der Waals surface area contributed by atoms with E-state index in [1.807, 2.05) is 37.5 Å². The van der Waals surface area contributed by atoms with Gasteiger partial charge in [0, 0.05) is 47.5 Å². The van der Waals surface area contributed by atoms with E-state index in [0.29, 0.717) is 10.8 Å². The van der Waals surface area contributed by atoms with Crippen molar-refractivity contribution in [2.45, 2.75) is 10.6 Å². The summed E-state index contributed by atoms with van der Waals surface area (Å²) in [4.78, 5) is 8.96. The van der Waals surface area contributed by atoms with Gasteiger partial charge in [0.25, 0.3) is 0 Å². The van der Waals surface area contributed by atoms with E-state index in [2.05, 4.69) is 15.1 Å². The maximum Gasteiger partial charge on any atom is 0.184 e. The summed E-state index contributed by atoms with van der Waals surface area (Å²) in [5.41, 5.74) is 3.53. The van der Waals surface area contributed by atoms with Gasteiger partial charge in [0.05, 0.1) is 23.9 Å². The first-order valence-electron chi connectivity index (χ1n) is 10.1. The molecule has 0 aliphatic rings. The van der Waals surface area contributed by atoms with Crippen molar-refractivity contribution < 1.29 is 13.2 Å². The molecule has 0 radical (unpaired) electrons. The number of benzene rings is 2. The average molecular weight is 477 g/mol. The van der Waals surface area contributed by atoms with E-state index in [0.717, 1.165) is 33.2 Å². The minimum absolute atomic E-state index is 0.113. The summed E-state index contributed by atoms with van der Waals surface area (Å²) < 4.78 is 33.2. The van der Waals surface area contributed by atoms with E-state index in [1.54, 1.807) is 54.0 Å². The zero-order valence-corrected chi connectivity index (χ0v) is 19.6. The third-order valence-corrected chi connectivity index (χ3v) is 7.97. The van der Waals surface area contributed by atoms with Gasteiger partial charge < -0.3 is 4.74 Å². The lowest BCUT2D eigenvalue weighted by molar-refractivity contribution is 0.416. The molecule has 2 aromatic carbocycles. The van der Waals surface area contributed by atoms with Gasteiger partial charge in [0.1, 0.15) is 16.5 Å². The molecule has 0 unspecified atom stereocenters. The van der Waals surface area contributed by atoms with E-state index < -0.39 is 9.84 Å². The Labute approximate surface area is 195 Å². The Kier molecular flexibility index (Phi) is 5.43. The van der Waals surface area contributed by atoms with Crippen molar-refractivity contribution in [3.8, 4) is 28.1 Å². The van der Waals surface area contributed by atoms with Crippen LogP contribution < -0.4 is 4.74 Å². The van der Waals surface area contributed by atoms with Crippen LogP contribution in [-0.2, 0) is 22.6 Å². The lowest BCUT2D eigenvalue weighted by atomic mass is 10.00. The van der Waals surface area contributed by atoms with Crippen molar-refractivity contribution in [2.75, 3.05) is 7.11 Å². The quantitative estimate of drug-likeness (QED) is 0.352. The van der Waals surface area contributed by atoms with Crippen molar-refractivity contribution in [2.24, 2.45) is 7.05 Å². The smallest absolute Gasteiger partial charge is 0.184 e. The summed E-state index contributed by atoms with van der Waals surface area (Å²) in [6.07, 6.45) is 7.04. The van der Waals surface area contributed by atoms with Crippen LogP contribution in [0.15, 0.2) is 77.5 Å². The van der Waals surface area contributed by atoms with Crippen LogP contribution in [0.2, 0.25) is 0 Å². The predicted octanol–water partition coefficient (Wildman–Crippen LogP) is 4.74. The third kappa shape index (κ3) is 4.12. The molecule has 0 bridgehead atoms. The molecule has 7 nitrogen and oxygen atoms in total. The number of hydrogen-bond acceptors (Lipinski definition) is 7. The van der Waals surface area contributed by atoms with Gasteiger partial charge in [0.2, 0.25) is 0 Å². The van der Waals surface area contributed by atoms with Crippen molar-refractivity contribution in [1.82, 2.24) is 19.7 Å². The number of aromatic nitrogens is 4. The van der Waals surface area contributed by atoms with E-state index in [1.165, 1.54) is 11.3 Å². The standard InChI is InChI=1S/C24H20N4O3S2/c1-28-14-18(13-27-28)16-3-5-21(22(12-16)31-2)24-20-6-4-19(11-17(20)7-8-26-24)33(29,30)15-23-25-9-10-32-23/h3-14H,15H2,1-2H3. The summed E-state index contributed by atoms with van der Waals surface area (Å²) in [6.45, 7) is 0. The van der Waals surface area contributed by atoms with Crippen LogP contribution in [0.4, 0.5) is 0 Å². The molecular weight excluding hydrogens is 456 g/mol. The molecule has 5 aromatic rings. The summed E-state index contributed by atoms with van der Waals surface area (Å²) in [6, 6.07) is 12.9.